The maximum atomic E-state index is 6.42. The largest absolute Gasteiger partial charge is 0.496 e. The Hall–Kier alpha value is -1.43. The first kappa shape index (κ1) is 14.5. The molecule has 1 aliphatic heterocycles. The molecule has 1 aliphatic rings. The second-order valence-electron chi connectivity index (χ2n) is 4.63. The number of benzene rings is 1. The third-order valence-corrected chi connectivity index (χ3v) is 4.68. The minimum Gasteiger partial charge on any atom is -0.496 e. The van der Waals surface area contributed by atoms with Crippen molar-refractivity contribution >= 4 is 22.9 Å². The molecule has 0 aliphatic carbocycles. The molecule has 0 saturated carbocycles. The molecule has 0 saturated heterocycles. The Labute approximate surface area is 132 Å². The van der Waals surface area contributed by atoms with Gasteiger partial charge >= 0.3 is 0 Å². The van der Waals surface area contributed by atoms with E-state index in [0.717, 1.165) is 21.9 Å². The van der Waals surface area contributed by atoms with Crippen LogP contribution in [0.15, 0.2) is 23.6 Å². The minimum atomic E-state index is -0.0118. The maximum absolute atomic E-state index is 6.42. The molecule has 0 spiro atoms. The van der Waals surface area contributed by atoms with Crippen LogP contribution in [0.3, 0.4) is 0 Å². The van der Waals surface area contributed by atoms with E-state index in [1.165, 1.54) is 0 Å². The molecule has 1 aromatic carbocycles. The van der Waals surface area contributed by atoms with Crippen molar-refractivity contribution in [2.75, 3.05) is 27.4 Å². The molecule has 1 N–H and O–H groups in total. The number of halogens is 1. The monoisotopic (exact) mass is 325 g/mol. The lowest BCUT2D eigenvalue weighted by Crippen LogP contribution is -2.19. The Morgan fingerprint density at radius 2 is 1.95 bits per heavy atom. The zero-order valence-corrected chi connectivity index (χ0v) is 13.4. The fourth-order valence-electron chi connectivity index (χ4n) is 2.34. The molecular weight excluding hydrogens is 310 g/mol. The maximum Gasteiger partial charge on any atom is 0.162 e. The van der Waals surface area contributed by atoms with Gasteiger partial charge in [-0.15, -0.1) is 11.3 Å². The zero-order chi connectivity index (χ0) is 14.8. The van der Waals surface area contributed by atoms with Gasteiger partial charge in [0.15, 0.2) is 11.5 Å². The lowest BCUT2D eigenvalue weighted by molar-refractivity contribution is 0.171. The lowest BCUT2D eigenvalue weighted by Gasteiger charge is -2.22. The minimum absolute atomic E-state index is 0.0118. The SMILES string of the molecule is CNC(c1cc(OC)cs1)c1cc2c(cc1Cl)OCCO2. The van der Waals surface area contributed by atoms with E-state index in [1.54, 1.807) is 18.4 Å². The number of hydrogen-bond donors (Lipinski definition) is 1. The van der Waals surface area contributed by atoms with Crippen LogP contribution < -0.4 is 19.5 Å². The Morgan fingerprint density at radius 3 is 2.57 bits per heavy atom. The number of fused-ring (bicyclic) bond motifs is 1. The highest BCUT2D eigenvalue weighted by Crippen LogP contribution is 2.40. The van der Waals surface area contributed by atoms with Crippen molar-refractivity contribution in [3.05, 3.63) is 39.0 Å². The number of methoxy groups -OCH3 is 1. The normalized spacial score (nSPS) is 14.8. The van der Waals surface area contributed by atoms with Crippen molar-refractivity contribution in [2.24, 2.45) is 0 Å². The van der Waals surface area contributed by atoms with Gasteiger partial charge in [0.1, 0.15) is 19.0 Å². The number of thiophene rings is 1. The van der Waals surface area contributed by atoms with Gasteiger partial charge in [0.25, 0.3) is 0 Å². The van der Waals surface area contributed by atoms with E-state index in [0.29, 0.717) is 24.0 Å². The van der Waals surface area contributed by atoms with Gasteiger partial charge in [-0.05, 0) is 24.7 Å². The van der Waals surface area contributed by atoms with Gasteiger partial charge in [-0.2, -0.15) is 0 Å². The molecule has 1 unspecified atom stereocenters. The van der Waals surface area contributed by atoms with Crippen LogP contribution in [0.2, 0.25) is 5.02 Å². The summed E-state index contributed by atoms with van der Waals surface area (Å²) in [5.41, 5.74) is 0.966. The highest BCUT2D eigenvalue weighted by atomic mass is 35.5. The fourth-order valence-corrected chi connectivity index (χ4v) is 3.59. The van der Waals surface area contributed by atoms with Crippen LogP contribution in [0, 0.1) is 0 Å². The zero-order valence-electron chi connectivity index (χ0n) is 11.8. The molecule has 3 rings (SSSR count). The first-order valence-electron chi connectivity index (χ1n) is 6.61. The molecule has 6 heteroatoms. The van der Waals surface area contributed by atoms with Gasteiger partial charge in [0, 0.05) is 21.3 Å². The molecule has 2 heterocycles. The quantitative estimate of drug-likeness (QED) is 0.934. The van der Waals surface area contributed by atoms with Crippen LogP contribution in [0.1, 0.15) is 16.5 Å². The van der Waals surface area contributed by atoms with E-state index in [-0.39, 0.29) is 6.04 Å². The van der Waals surface area contributed by atoms with E-state index in [1.807, 2.05) is 30.6 Å². The topological polar surface area (TPSA) is 39.7 Å². The second kappa shape index (κ2) is 6.13. The highest BCUT2D eigenvalue weighted by Gasteiger charge is 2.22. The van der Waals surface area contributed by atoms with Crippen LogP contribution >= 0.6 is 22.9 Å². The molecule has 2 aromatic rings. The van der Waals surface area contributed by atoms with Gasteiger partial charge in [0.2, 0.25) is 0 Å². The molecule has 0 radical (unpaired) electrons. The standard InChI is InChI=1S/C15H16ClNO3S/c1-17-15(14-5-9(18-2)8-21-14)10-6-12-13(7-11(10)16)20-4-3-19-12/h5-8,15,17H,3-4H2,1-2H3. The van der Waals surface area contributed by atoms with Gasteiger partial charge in [-0.3, -0.25) is 0 Å². The average molecular weight is 326 g/mol. The summed E-state index contributed by atoms with van der Waals surface area (Å²) in [6.45, 7) is 1.12. The third kappa shape index (κ3) is 2.81. The summed E-state index contributed by atoms with van der Waals surface area (Å²) in [6.07, 6.45) is 0. The number of hydrogen-bond acceptors (Lipinski definition) is 5. The second-order valence-corrected chi connectivity index (χ2v) is 5.98. The van der Waals surface area contributed by atoms with Crippen LogP contribution in [-0.4, -0.2) is 27.4 Å². The summed E-state index contributed by atoms with van der Waals surface area (Å²) in [4.78, 5) is 1.13. The first-order valence-corrected chi connectivity index (χ1v) is 7.87. The smallest absolute Gasteiger partial charge is 0.162 e. The first-order chi connectivity index (χ1) is 10.2. The predicted octanol–water partition coefficient (Wildman–Crippen LogP) is 3.49. The number of nitrogens with one attached hydrogen (secondary N) is 1. The van der Waals surface area contributed by atoms with E-state index in [2.05, 4.69) is 5.32 Å². The number of rotatable bonds is 4. The van der Waals surface area contributed by atoms with Gasteiger partial charge in [-0.25, -0.2) is 0 Å². The van der Waals surface area contributed by atoms with Gasteiger partial charge < -0.3 is 19.5 Å². The molecule has 21 heavy (non-hydrogen) atoms. The van der Waals surface area contributed by atoms with E-state index in [4.69, 9.17) is 25.8 Å². The predicted molar refractivity (Wildman–Crippen MR) is 84.2 cm³/mol. The average Bonchev–Trinajstić information content (AvgIpc) is 2.97. The Bertz CT molecular complexity index is 644. The molecule has 0 amide bonds. The van der Waals surface area contributed by atoms with E-state index >= 15 is 0 Å². The molecule has 1 aromatic heterocycles. The lowest BCUT2D eigenvalue weighted by atomic mass is 10.0. The van der Waals surface area contributed by atoms with Crippen molar-refractivity contribution in [2.45, 2.75) is 6.04 Å². The molecule has 0 fully saturated rings. The Morgan fingerprint density at radius 1 is 1.24 bits per heavy atom. The molecular formula is C15H16ClNO3S. The summed E-state index contributed by atoms with van der Waals surface area (Å²) >= 11 is 8.05. The number of ether oxygens (including phenoxy) is 3. The van der Waals surface area contributed by atoms with Gasteiger partial charge in [0.05, 0.1) is 13.2 Å². The Kier molecular flexibility index (Phi) is 4.24. The van der Waals surface area contributed by atoms with Crippen LogP contribution in [0.25, 0.3) is 0 Å². The molecule has 4 nitrogen and oxygen atoms in total. The highest BCUT2D eigenvalue weighted by molar-refractivity contribution is 7.10. The molecule has 0 bridgehead atoms. The summed E-state index contributed by atoms with van der Waals surface area (Å²) in [5.74, 6) is 2.29. The summed E-state index contributed by atoms with van der Waals surface area (Å²) < 4.78 is 16.4. The Balaban J connectivity index is 2.00. The molecule has 1 atom stereocenters. The summed E-state index contributed by atoms with van der Waals surface area (Å²) in [6, 6.07) is 5.77. The summed E-state index contributed by atoms with van der Waals surface area (Å²) in [7, 11) is 3.57. The van der Waals surface area contributed by atoms with Crippen molar-refractivity contribution in [3.8, 4) is 17.2 Å². The van der Waals surface area contributed by atoms with Crippen LogP contribution in [0.5, 0.6) is 17.2 Å². The fraction of sp³-hybridized carbons (Fsp3) is 0.333. The van der Waals surface area contributed by atoms with Gasteiger partial charge in [-0.1, -0.05) is 11.6 Å². The van der Waals surface area contributed by atoms with Crippen molar-refractivity contribution in [3.63, 3.8) is 0 Å². The van der Waals surface area contributed by atoms with Crippen molar-refractivity contribution in [1.29, 1.82) is 0 Å². The van der Waals surface area contributed by atoms with Crippen LogP contribution in [0.4, 0.5) is 0 Å². The summed E-state index contributed by atoms with van der Waals surface area (Å²) in [5, 5.41) is 5.93. The van der Waals surface area contributed by atoms with E-state index in [9.17, 15) is 0 Å². The third-order valence-electron chi connectivity index (χ3n) is 3.38. The van der Waals surface area contributed by atoms with Crippen molar-refractivity contribution < 1.29 is 14.2 Å². The van der Waals surface area contributed by atoms with Crippen molar-refractivity contribution in [1.82, 2.24) is 5.32 Å². The van der Waals surface area contributed by atoms with E-state index < -0.39 is 0 Å². The molecule has 112 valence electrons. The van der Waals surface area contributed by atoms with Crippen LogP contribution in [-0.2, 0) is 0 Å².